The summed E-state index contributed by atoms with van der Waals surface area (Å²) in [5.74, 6) is -1.05. The van der Waals surface area contributed by atoms with E-state index in [1.807, 2.05) is 0 Å². The van der Waals surface area contributed by atoms with Crippen LogP contribution in [0.25, 0.3) is 0 Å². The number of phenols is 1. The molecule has 0 bridgehead atoms. The third-order valence-electron chi connectivity index (χ3n) is 3.54. The Labute approximate surface area is 122 Å². The summed E-state index contributed by atoms with van der Waals surface area (Å²) < 4.78 is 5.56. The number of hydrogen-bond donors (Lipinski definition) is 1. The SMILES string of the molecule is CN(CC1CCCCO1)C(=O)c1cccc([N+](=O)[O-])c1O. The molecule has 0 aromatic heterocycles. The summed E-state index contributed by atoms with van der Waals surface area (Å²) in [6.07, 6.45) is 2.96. The highest BCUT2D eigenvalue weighted by Crippen LogP contribution is 2.30. The van der Waals surface area contributed by atoms with Crippen LogP contribution in [0.15, 0.2) is 18.2 Å². The summed E-state index contributed by atoms with van der Waals surface area (Å²) in [7, 11) is 1.60. The van der Waals surface area contributed by atoms with Crippen molar-refractivity contribution in [2.75, 3.05) is 20.2 Å². The number of carbonyl (C=O) groups is 1. The smallest absolute Gasteiger partial charge is 0.311 e. The predicted molar refractivity (Wildman–Crippen MR) is 75.3 cm³/mol. The molecule has 1 atom stereocenters. The van der Waals surface area contributed by atoms with Crippen LogP contribution in [0.5, 0.6) is 5.75 Å². The standard InChI is InChI=1S/C14H18N2O5/c1-15(9-10-5-2-3-8-21-10)14(18)11-6-4-7-12(13(11)17)16(19)20/h4,6-7,10,17H,2-3,5,8-9H2,1H3. The maximum absolute atomic E-state index is 12.3. The van der Waals surface area contributed by atoms with Gasteiger partial charge in [-0.15, -0.1) is 0 Å². The van der Waals surface area contributed by atoms with Crippen LogP contribution in [0.4, 0.5) is 5.69 Å². The number of likely N-dealkylation sites (N-methyl/N-ethyl adjacent to an activating group) is 1. The minimum absolute atomic E-state index is 0.0199. The van der Waals surface area contributed by atoms with Gasteiger partial charge in [0.2, 0.25) is 5.75 Å². The Morgan fingerprint density at radius 2 is 2.29 bits per heavy atom. The second-order valence-corrected chi connectivity index (χ2v) is 5.10. The van der Waals surface area contributed by atoms with E-state index >= 15 is 0 Å². The van der Waals surface area contributed by atoms with E-state index < -0.39 is 22.3 Å². The summed E-state index contributed by atoms with van der Waals surface area (Å²) in [6.45, 7) is 1.09. The minimum atomic E-state index is -0.712. The molecule has 1 amide bonds. The number of nitro groups is 1. The average Bonchev–Trinajstić information content (AvgIpc) is 2.47. The van der Waals surface area contributed by atoms with E-state index in [2.05, 4.69) is 0 Å². The molecule has 1 heterocycles. The van der Waals surface area contributed by atoms with E-state index in [1.54, 1.807) is 7.05 Å². The number of ether oxygens (including phenoxy) is 1. The van der Waals surface area contributed by atoms with E-state index in [0.717, 1.165) is 25.3 Å². The first-order valence-corrected chi connectivity index (χ1v) is 6.84. The second-order valence-electron chi connectivity index (χ2n) is 5.10. The van der Waals surface area contributed by atoms with Gasteiger partial charge in [0.05, 0.1) is 16.6 Å². The molecular formula is C14H18N2O5. The van der Waals surface area contributed by atoms with Crippen LogP contribution in [0.2, 0.25) is 0 Å². The normalized spacial score (nSPS) is 18.2. The van der Waals surface area contributed by atoms with Gasteiger partial charge in [-0.1, -0.05) is 6.07 Å². The van der Waals surface area contributed by atoms with Crippen LogP contribution in [-0.2, 0) is 4.74 Å². The van der Waals surface area contributed by atoms with E-state index in [0.29, 0.717) is 13.2 Å². The van der Waals surface area contributed by atoms with Gasteiger partial charge in [0.1, 0.15) is 0 Å². The Morgan fingerprint density at radius 3 is 2.90 bits per heavy atom. The number of hydrogen-bond acceptors (Lipinski definition) is 5. The molecule has 1 aliphatic rings. The molecule has 0 radical (unpaired) electrons. The van der Waals surface area contributed by atoms with Gasteiger partial charge in [-0.05, 0) is 25.3 Å². The highest BCUT2D eigenvalue weighted by molar-refractivity contribution is 5.97. The molecule has 0 spiro atoms. The van der Waals surface area contributed by atoms with Gasteiger partial charge >= 0.3 is 5.69 Å². The lowest BCUT2D eigenvalue weighted by Gasteiger charge is -2.27. The molecule has 0 aliphatic carbocycles. The van der Waals surface area contributed by atoms with Gasteiger partial charge in [-0.3, -0.25) is 14.9 Å². The lowest BCUT2D eigenvalue weighted by molar-refractivity contribution is -0.385. The number of phenolic OH excluding ortho intramolecular Hbond substituents is 1. The third-order valence-corrected chi connectivity index (χ3v) is 3.54. The van der Waals surface area contributed by atoms with Gasteiger partial charge in [0.15, 0.2) is 0 Å². The zero-order chi connectivity index (χ0) is 15.4. The Hall–Kier alpha value is -2.15. The number of aromatic hydroxyl groups is 1. The molecule has 7 heteroatoms. The van der Waals surface area contributed by atoms with Crippen molar-refractivity contribution in [1.82, 2.24) is 4.90 Å². The summed E-state index contributed by atoms with van der Waals surface area (Å²) in [5.41, 5.74) is -0.536. The molecule has 1 fully saturated rings. The van der Waals surface area contributed by atoms with Crippen molar-refractivity contribution in [3.05, 3.63) is 33.9 Å². The lowest BCUT2D eigenvalue weighted by atomic mass is 10.1. The molecule has 2 rings (SSSR count). The van der Waals surface area contributed by atoms with Crippen molar-refractivity contribution < 1.29 is 19.6 Å². The molecule has 1 N–H and O–H groups in total. The van der Waals surface area contributed by atoms with Crippen LogP contribution in [0.1, 0.15) is 29.6 Å². The topological polar surface area (TPSA) is 92.9 Å². The highest BCUT2D eigenvalue weighted by atomic mass is 16.6. The number of nitrogens with zero attached hydrogens (tertiary/aromatic N) is 2. The monoisotopic (exact) mass is 294 g/mol. The number of para-hydroxylation sites is 1. The van der Waals surface area contributed by atoms with Crippen molar-refractivity contribution in [2.45, 2.75) is 25.4 Å². The number of benzene rings is 1. The largest absolute Gasteiger partial charge is 0.502 e. The molecule has 114 valence electrons. The van der Waals surface area contributed by atoms with E-state index in [9.17, 15) is 20.0 Å². The first-order valence-electron chi connectivity index (χ1n) is 6.84. The number of amides is 1. The highest BCUT2D eigenvalue weighted by Gasteiger charge is 2.25. The predicted octanol–water partition coefficient (Wildman–Crippen LogP) is 1.94. The molecule has 1 saturated heterocycles. The van der Waals surface area contributed by atoms with E-state index in [4.69, 9.17) is 4.74 Å². The molecule has 1 unspecified atom stereocenters. The van der Waals surface area contributed by atoms with E-state index in [1.165, 1.54) is 17.0 Å². The third kappa shape index (κ3) is 3.49. The molecule has 1 aromatic rings. The van der Waals surface area contributed by atoms with Crippen molar-refractivity contribution in [1.29, 1.82) is 0 Å². The Balaban J connectivity index is 2.11. The Morgan fingerprint density at radius 1 is 1.52 bits per heavy atom. The molecule has 1 aromatic carbocycles. The van der Waals surface area contributed by atoms with Crippen LogP contribution >= 0.6 is 0 Å². The Kier molecular flexibility index (Phi) is 4.74. The summed E-state index contributed by atoms with van der Waals surface area (Å²) in [5, 5.41) is 20.6. The fourth-order valence-corrected chi connectivity index (χ4v) is 2.40. The van der Waals surface area contributed by atoms with Gasteiger partial charge < -0.3 is 14.7 Å². The minimum Gasteiger partial charge on any atom is -0.502 e. The van der Waals surface area contributed by atoms with E-state index in [-0.39, 0.29) is 11.7 Å². The van der Waals surface area contributed by atoms with Crippen LogP contribution < -0.4 is 0 Å². The molecule has 1 aliphatic heterocycles. The van der Waals surface area contributed by atoms with Gasteiger partial charge in [-0.25, -0.2) is 0 Å². The zero-order valence-electron chi connectivity index (χ0n) is 11.8. The summed E-state index contributed by atoms with van der Waals surface area (Å²) in [4.78, 5) is 23.8. The van der Waals surface area contributed by atoms with Crippen molar-refractivity contribution in [3.63, 3.8) is 0 Å². The average molecular weight is 294 g/mol. The molecule has 0 saturated carbocycles. The fourth-order valence-electron chi connectivity index (χ4n) is 2.40. The quantitative estimate of drug-likeness (QED) is 0.676. The fraction of sp³-hybridized carbons (Fsp3) is 0.500. The molecule has 21 heavy (non-hydrogen) atoms. The van der Waals surface area contributed by atoms with Crippen molar-refractivity contribution in [3.8, 4) is 5.75 Å². The Bertz CT molecular complexity index is 540. The lowest BCUT2D eigenvalue weighted by Crippen LogP contribution is -2.37. The molecular weight excluding hydrogens is 276 g/mol. The molecule has 7 nitrogen and oxygen atoms in total. The number of carbonyl (C=O) groups excluding carboxylic acids is 1. The van der Waals surface area contributed by atoms with Crippen LogP contribution in [0.3, 0.4) is 0 Å². The summed E-state index contributed by atoms with van der Waals surface area (Å²) >= 11 is 0. The van der Waals surface area contributed by atoms with Crippen LogP contribution in [0, 0.1) is 10.1 Å². The van der Waals surface area contributed by atoms with Crippen molar-refractivity contribution >= 4 is 11.6 Å². The van der Waals surface area contributed by atoms with Crippen molar-refractivity contribution in [2.24, 2.45) is 0 Å². The number of rotatable bonds is 4. The number of nitro benzene ring substituents is 1. The maximum Gasteiger partial charge on any atom is 0.311 e. The van der Waals surface area contributed by atoms with Gasteiger partial charge in [-0.2, -0.15) is 0 Å². The second kappa shape index (κ2) is 6.53. The summed E-state index contributed by atoms with van der Waals surface area (Å²) in [6, 6.07) is 3.93. The zero-order valence-corrected chi connectivity index (χ0v) is 11.8. The van der Waals surface area contributed by atoms with Gasteiger partial charge in [0.25, 0.3) is 5.91 Å². The first-order chi connectivity index (χ1) is 10.0. The maximum atomic E-state index is 12.3. The van der Waals surface area contributed by atoms with Gasteiger partial charge in [0, 0.05) is 26.3 Å². The first kappa shape index (κ1) is 15.2. The van der Waals surface area contributed by atoms with Crippen LogP contribution in [-0.4, -0.2) is 47.1 Å².